The number of nitrogens with one attached hydrogen (secondary N) is 1. The maximum Gasteiger partial charge on any atom is 0.271 e. The van der Waals surface area contributed by atoms with Crippen LogP contribution in [0.15, 0.2) is 71.5 Å². The van der Waals surface area contributed by atoms with Gasteiger partial charge in [0.1, 0.15) is 5.69 Å². The summed E-state index contributed by atoms with van der Waals surface area (Å²) >= 11 is 2.23. The molecule has 5 nitrogen and oxygen atoms in total. The van der Waals surface area contributed by atoms with Crippen molar-refractivity contribution in [2.24, 2.45) is 0 Å². The van der Waals surface area contributed by atoms with E-state index < -0.39 is 0 Å². The summed E-state index contributed by atoms with van der Waals surface area (Å²) in [6.07, 6.45) is 0. The molecule has 1 aromatic heterocycles. The smallest absolute Gasteiger partial charge is 0.271 e. The zero-order valence-electron chi connectivity index (χ0n) is 13.4. The molecule has 0 unspecified atom stereocenters. The minimum Gasteiger partial charge on any atom is -0.347 e. The lowest BCUT2D eigenvalue weighted by atomic mass is 10.2. The molecule has 2 aromatic carbocycles. The third-order valence-electron chi connectivity index (χ3n) is 3.64. The van der Waals surface area contributed by atoms with Gasteiger partial charge < -0.3 is 5.32 Å². The van der Waals surface area contributed by atoms with Crippen molar-refractivity contribution < 1.29 is 4.79 Å². The van der Waals surface area contributed by atoms with E-state index in [-0.39, 0.29) is 17.2 Å². The number of aromatic nitrogens is 2. The van der Waals surface area contributed by atoms with E-state index in [4.69, 9.17) is 0 Å². The average Bonchev–Trinajstić information content (AvgIpc) is 2.64. The highest BCUT2D eigenvalue weighted by atomic mass is 127. The first-order valence-corrected chi connectivity index (χ1v) is 8.84. The number of nitrogens with zero attached hydrogens (tertiary/aromatic N) is 2. The molecule has 0 aliphatic heterocycles. The van der Waals surface area contributed by atoms with Gasteiger partial charge in [-0.25, -0.2) is 4.68 Å². The summed E-state index contributed by atoms with van der Waals surface area (Å²) < 4.78 is 2.44. The summed E-state index contributed by atoms with van der Waals surface area (Å²) in [5, 5.41) is 7.01. The fourth-order valence-electron chi connectivity index (χ4n) is 2.31. The number of carbonyl (C=O) groups is 1. The molecule has 0 spiro atoms. The molecule has 25 heavy (non-hydrogen) atoms. The van der Waals surface area contributed by atoms with Gasteiger partial charge in [-0.2, -0.15) is 5.10 Å². The Morgan fingerprint density at radius 1 is 0.960 bits per heavy atom. The number of amides is 1. The van der Waals surface area contributed by atoms with Crippen molar-refractivity contribution in [2.75, 3.05) is 0 Å². The van der Waals surface area contributed by atoms with E-state index in [9.17, 15) is 9.59 Å². The SMILES string of the molecule is O=C(NCc1ccc(I)cc1)c1ccc(=O)n(Cc2ccccc2)n1. The van der Waals surface area contributed by atoms with Gasteiger partial charge in [0.05, 0.1) is 6.54 Å². The van der Waals surface area contributed by atoms with Crippen molar-refractivity contribution in [2.45, 2.75) is 13.1 Å². The summed E-state index contributed by atoms with van der Waals surface area (Å²) in [5.74, 6) is -0.305. The van der Waals surface area contributed by atoms with Crippen molar-refractivity contribution in [3.05, 3.63) is 97.5 Å². The van der Waals surface area contributed by atoms with Crippen molar-refractivity contribution in [1.29, 1.82) is 0 Å². The molecule has 0 radical (unpaired) electrons. The van der Waals surface area contributed by atoms with Crippen molar-refractivity contribution in [3.8, 4) is 0 Å². The predicted octanol–water partition coefficient (Wildman–Crippen LogP) is 2.83. The Labute approximate surface area is 158 Å². The number of hydrogen-bond donors (Lipinski definition) is 1. The lowest BCUT2D eigenvalue weighted by Crippen LogP contribution is -2.29. The first kappa shape index (κ1) is 17.3. The summed E-state index contributed by atoms with van der Waals surface area (Å²) in [6, 6.07) is 20.3. The van der Waals surface area contributed by atoms with Gasteiger partial charge in [-0.05, 0) is 51.9 Å². The molecular formula is C19H16IN3O2. The summed E-state index contributed by atoms with van der Waals surface area (Å²) in [4.78, 5) is 24.3. The largest absolute Gasteiger partial charge is 0.347 e. The molecule has 0 saturated carbocycles. The maximum atomic E-state index is 12.3. The number of benzene rings is 2. The molecule has 3 aromatic rings. The highest BCUT2D eigenvalue weighted by Gasteiger charge is 2.10. The normalized spacial score (nSPS) is 10.4. The standard InChI is InChI=1S/C19H16IN3O2/c20-16-8-6-14(7-9-16)12-21-19(25)17-10-11-18(24)23(22-17)13-15-4-2-1-3-5-15/h1-11H,12-13H2,(H,21,25). The van der Waals surface area contributed by atoms with Crippen LogP contribution in [0.5, 0.6) is 0 Å². The van der Waals surface area contributed by atoms with Crippen LogP contribution in [-0.4, -0.2) is 15.7 Å². The van der Waals surface area contributed by atoms with Crippen LogP contribution in [0.3, 0.4) is 0 Å². The Balaban J connectivity index is 1.71. The third-order valence-corrected chi connectivity index (χ3v) is 4.36. The van der Waals surface area contributed by atoms with E-state index in [2.05, 4.69) is 33.0 Å². The van der Waals surface area contributed by atoms with Crippen LogP contribution in [0, 0.1) is 3.57 Å². The molecule has 0 atom stereocenters. The molecular weight excluding hydrogens is 429 g/mol. The van der Waals surface area contributed by atoms with Gasteiger partial charge >= 0.3 is 0 Å². The van der Waals surface area contributed by atoms with E-state index in [0.717, 1.165) is 14.7 Å². The molecule has 1 N–H and O–H groups in total. The lowest BCUT2D eigenvalue weighted by molar-refractivity contribution is 0.0943. The predicted molar refractivity (Wildman–Crippen MR) is 104 cm³/mol. The first-order valence-electron chi connectivity index (χ1n) is 7.76. The third kappa shape index (κ3) is 4.76. The molecule has 0 aliphatic rings. The number of halogens is 1. The second-order valence-electron chi connectivity index (χ2n) is 5.51. The highest BCUT2D eigenvalue weighted by molar-refractivity contribution is 14.1. The topological polar surface area (TPSA) is 64.0 Å². The summed E-state index contributed by atoms with van der Waals surface area (Å²) in [6.45, 7) is 0.743. The van der Waals surface area contributed by atoms with Gasteiger partial charge in [0.2, 0.25) is 0 Å². The van der Waals surface area contributed by atoms with Gasteiger partial charge in [-0.1, -0.05) is 42.5 Å². The minimum absolute atomic E-state index is 0.223. The Bertz CT molecular complexity index is 921. The van der Waals surface area contributed by atoms with Crippen LogP contribution in [0.2, 0.25) is 0 Å². The van der Waals surface area contributed by atoms with E-state index in [1.165, 1.54) is 16.8 Å². The Kier molecular flexibility index (Phi) is 5.60. The van der Waals surface area contributed by atoms with Crippen LogP contribution in [0.1, 0.15) is 21.6 Å². The van der Waals surface area contributed by atoms with Gasteiger partial charge in [-0.15, -0.1) is 0 Å². The van der Waals surface area contributed by atoms with Crippen LogP contribution >= 0.6 is 22.6 Å². The van der Waals surface area contributed by atoms with Gasteiger partial charge in [0.25, 0.3) is 11.5 Å². The van der Waals surface area contributed by atoms with E-state index in [1.54, 1.807) is 0 Å². The van der Waals surface area contributed by atoms with Crippen LogP contribution in [-0.2, 0) is 13.1 Å². The Morgan fingerprint density at radius 3 is 2.40 bits per heavy atom. The fraction of sp³-hybridized carbons (Fsp3) is 0.105. The van der Waals surface area contributed by atoms with Gasteiger partial charge in [-0.3, -0.25) is 9.59 Å². The fourth-order valence-corrected chi connectivity index (χ4v) is 2.67. The molecule has 1 amide bonds. The molecule has 0 bridgehead atoms. The molecule has 126 valence electrons. The van der Waals surface area contributed by atoms with Crippen LogP contribution in [0.4, 0.5) is 0 Å². The monoisotopic (exact) mass is 445 g/mol. The van der Waals surface area contributed by atoms with E-state index in [0.29, 0.717) is 13.1 Å². The molecule has 0 saturated heterocycles. The van der Waals surface area contributed by atoms with E-state index >= 15 is 0 Å². The van der Waals surface area contributed by atoms with E-state index in [1.807, 2.05) is 54.6 Å². The molecule has 1 heterocycles. The zero-order valence-corrected chi connectivity index (χ0v) is 15.5. The second kappa shape index (κ2) is 8.06. The molecule has 6 heteroatoms. The maximum absolute atomic E-state index is 12.3. The number of rotatable bonds is 5. The zero-order chi connectivity index (χ0) is 17.6. The Morgan fingerprint density at radius 2 is 1.68 bits per heavy atom. The average molecular weight is 445 g/mol. The van der Waals surface area contributed by atoms with Crippen LogP contribution in [0.25, 0.3) is 0 Å². The first-order chi connectivity index (χ1) is 12.1. The number of hydrogen-bond acceptors (Lipinski definition) is 3. The van der Waals surface area contributed by atoms with Crippen molar-refractivity contribution in [1.82, 2.24) is 15.1 Å². The number of carbonyl (C=O) groups excluding carboxylic acids is 1. The molecule has 0 aliphatic carbocycles. The van der Waals surface area contributed by atoms with Gasteiger partial charge in [0, 0.05) is 16.2 Å². The van der Waals surface area contributed by atoms with Crippen LogP contribution < -0.4 is 10.9 Å². The lowest BCUT2D eigenvalue weighted by Gasteiger charge is -2.08. The molecule has 3 rings (SSSR count). The van der Waals surface area contributed by atoms with Gasteiger partial charge in [0.15, 0.2) is 0 Å². The summed E-state index contributed by atoms with van der Waals surface area (Å²) in [5.41, 5.74) is 1.94. The van der Waals surface area contributed by atoms with Crippen molar-refractivity contribution in [3.63, 3.8) is 0 Å². The quantitative estimate of drug-likeness (QED) is 0.615. The van der Waals surface area contributed by atoms with Crippen molar-refractivity contribution >= 4 is 28.5 Å². The summed E-state index contributed by atoms with van der Waals surface area (Å²) in [7, 11) is 0. The highest BCUT2D eigenvalue weighted by Crippen LogP contribution is 2.06. The second-order valence-corrected chi connectivity index (χ2v) is 6.75. The Hall–Kier alpha value is -2.48. The minimum atomic E-state index is -0.305. The molecule has 0 fully saturated rings.